The van der Waals surface area contributed by atoms with Crippen LogP contribution in [0.15, 0.2) is 18.6 Å². The molecule has 72 valence electrons. The van der Waals surface area contributed by atoms with Crippen LogP contribution in [0.1, 0.15) is 30.7 Å². The lowest BCUT2D eigenvalue weighted by Gasteiger charge is -2.25. The van der Waals surface area contributed by atoms with Gasteiger partial charge < -0.3 is 5.11 Å². The van der Waals surface area contributed by atoms with Crippen LogP contribution in [0.25, 0.3) is 5.65 Å². The minimum Gasteiger partial charge on any atom is -0.503 e. The highest BCUT2D eigenvalue weighted by atomic mass is 16.3. The summed E-state index contributed by atoms with van der Waals surface area (Å²) in [7, 11) is 0. The predicted molar refractivity (Wildman–Crippen MR) is 51.2 cm³/mol. The average Bonchev–Trinajstić information content (AvgIpc) is 2.45. The molecule has 2 aromatic rings. The number of aromatic hydroxyl groups is 1. The maximum absolute atomic E-state index is 9.37. The summed E-state index contributed by atoms with van der Waals surface area (Å²) in [5, 5.41) is 13.4. The minimum absolute atomic E-state index is 0.144. The summed E-state index contributed by atoms with van der Waals surface area (Å²) in [4.78, 5) is 4.19. The fourth-order valence-electron chi connectivity index (χ4n) is 1.83. The van der Waals surface area contributed by atoms with Crippen molar-refractivity contribution in [3.05, 3.63) is 24.2 Å². The Morgan fingerprint density at radius 2 is 2.21 bits per heavy atom. The molecule has 2 heterocycles. The lowest BCUT2D eigenvalue weighted by molar-refractivity contribution is 0.417. The van der Waals surface area contributed by atoms with Crippen molar-refractivity contribution in [2.75, 3.05) is 0 Å². The highest BCUT2D eigenvalue weighted by molar-refractivity contribution is 5.51. The molecule has 4 heteroatoms. The molecule has 14 heavy (non-hydrogen) atoms. The fraction of sp³-hybridized carbons (Fsp3) is 0.400. The summed E-state index contributed by atoms with van der Waals surface area (Å²) in [5.41, 5.74) is 1.76. The highest BCUT2D eigenvalue weighted by Gasteiger charge is 2.20. The Morgan fingerprint density at radius 3 is 2.93 bits per heavy atom. The summed E-state index contributed by atoms with van der Waals surface area (Å²) >= 11 is 0. The van der Waals surface area contributed by atoms with E-state index >= 15 is 0 Å². The molecule has 1 aliphatic carbocycles. The van der Waals surface area contributed by atoms with E-state index in [4.69, 9.17) is 0 Å². The van der Waals surface area contributed by atoms with Crippen molar-refractivity contribution in [3.63, 3.8) is 0 Å². The van der Waals surface area contributed by atoms with Crippen molar-refractivity contribution in [2.24, 2.45) is 0 Å². The standard InChI is InChI=1S/C10H11N3O/c14-9-5-12-13-6-8(4-11-10(9)13)7-2-1-3-7/h4-7,14H,1-3H2. The Labute approximate surface area is 81.2 Å². The summed E-state index contributed by atoms with van der Waals surface area (Å²) in [6.07, 6.45) is 9.05. The van der Waals surface area contributed by atoms with E-state index in [1.165, 1.54) is 31.0 Å². The lowest BCUT2D eigenvalue weighted by Crippen LogP contribution is -2.10. The molecule has 2 aromatic heterocycles. The Kier molecular flexibility index (Phi) is 1.50. The smallest absolute Gasteiger partial charge is 0.197 e. The maximum Gasteiger partial charge on any atom is 0.197 e. The van der Waals surface area contributed by atoms with Gasteiger partial charge in [-0.3, -0.25) is 0 Å². The van der Waals surface area contributed by atoms with Gasteiger partial charge in [0, 0.05) is 12.4 Å². The molecule has 0 radical (unpaired) electrons. The van der Waals surface area contributed by atoms with Gasteiger partial charge in [0.05, 0.1) is 6.20 Å². The largest absolute Gasteiger partial charge is 0.503 e. The first-order valence-corrected chi connectivity index (χ1v) is 4.87. The molecule has 1 aliphatic rings. The van der Waals surface area contributed by atoms with Gasteiger partial charge in [-0.25, -0.2) is 9.50 Å². The summed E-state index contributed by atoms with van der Waals surface area (Å²) in [5.74, 6) is 0.795. The van der Waals surface area contributed by atoms with Crippen molar-refractivity contribution in [3.8, 4) is 5.75 Å². The van der Waals surface area contributed by atoms with Crippen LogP contribution in [0.5, 0.6) is 5.75 Å². The molecule has 0 atom stereocenters. The summed E-state index contributed by atoms with van der Waals surface area (Å²) < 4.78 is 1.64. The quantitative estimate of drug-likeness (QED) is 0.742. The number of aromatic nitrogens is 3. The molecule has 0 amide bonds. The summed E-state index contributed by atoms with van der Waals surface area (Å²) in [6, 6.07) is 0. The van der Waals surface area contributed by atoms with E-state index in [1.54, 1.807) is 4.52 Å². The van der Waals surface area contributed by atoms with Crippen molar-refractivity contribution in [1.29, 1.82) is 0 Å². The third-order valence-corrected chi connectivity index (χ3v) is 2.93. The van der Waals surface area contributed by atoms with Crippen molar-refractivity contribution in [2.45, 2.75) is 25.2 Å². The van der Waals surface area contributed by atoms with Crippen LogP contribution >= 0.6 is 0 Å². The van der Waals surface area contributed by atoms with Crippen LogP contribution in [0.2, 0.25) is 0 Å². The van der Waals surface area contributed by atoms with Crippen LogP contribution < -0.4 is 0 Å². The molecular formula is C10H11N3O. The molecule has 0 aromatic carbocycles. The highest BCUT2D eigenvalue weighted by Crippen LogP contribution is 2.36. The van der Waals surface area contributed by atoms with Gasteiger partial charge in [0.1, 0.15) is 0 Å². The van der Waals surface area contributed by atoms with Gasteiger partial charge in [0.25, 0.3) is 0 Å². The normalized spacial score (nSPS) is 17.1. The predicted octanol–water partition coefficient (Wildman–Crippen LogP) is 1.70. The Morgan fingerprint density at radius 1 is 1.36 bits per heavy atom. The minimum atomic E-state index is 0.144. The summed E-state index contributed by atoms with van der Waals surface area (Å²) in [6.45, 7) is 0. The molecule has 1 saturated carbocycles. The second-order valence-corrected chi connectivity index (χ2v) is 3.81. The molecule has 0 spiro atoms. The van der Waals surface area contributed by atoms with Gasteiger partial charge in [-0.05, 0) is 24.3 Å². The van der Waals surface area contributed by atoms with Crippen LogP contribution in [0.4, 0.5) is 0 Å². The van der Waals surface area contributed by atoms with Gasteiger partial charge in [0.2, 0.25) is 0 Å². The molecule has 0 bridgehead atoms. The zero-order valence-electron chi connectivity index (χ0n) is 7.72. The van der Waals surface area contributed by atoms with Gasteiger partial charge in [-0.1, -0.05) is 6.42 Å². The number of hydrogen-bond donors (Lipinski definition) is 1. The van der Waals surface area contributed by atoms with Crippen LogP contribution in [-0.2, 0) is 0 Å². The van der Waals surface area contributed by atoms with E-state index in [1.807, 2.05) is 12.4 Å². The third kappa shape index (κ3) is 0.999. The monoisotopic (exact) mass is 189 g/mol. The fourth-order valence-corrected chi connectivity index (χ4v) is 1.83. The van der Waals surface area contributed by atoms with Crippen molar-refractivity contribution >= 4 is 5.65 Å². The molecule has 1 fully saturated rings. The van der Waals surface area contributed by atoms with E-state index < -0.39 is 0 Å². The maximum atomic E-state index is 9.37. The number of rotatable bonds is 1. The third-order valence-electron chi connectivity index (χ3n) is 2.93. The number of fused-ring (bicyclic) bond motifs is 1. The van der Waals surface area contributed by atoms with Crippen molar-refractivity contribution in [1.82, 2.24) is 14.6 Å². The van der Waals surface area contributed by atoms with Crippen LogP contribution in [-0.4, -0.2) is 19.7 Å². The Balaban J connectivity index is 2.10. The van der Waals surface area contributed by atoms with Crippen molar-refractivity contribution < 1.29 is 5.11 Å². The molecule has 4 nitrogen and oxygen atoms in total. The van der Waals surface area contributed by atoms with E-state index in [0.717, 1.165) is 0 Å². The topological polar surface area (TPSA) is 50.4 Å². The van der Waals surface area contributed by atoms with Gasteiger partial charge in [0.15, 0.2) is 11.4 Å². The Bertz CT molecular complexity index is 473. The van der Waals surface area contributed by atoms with E-state index in [9.17, 15) is 5.11 Å². The first-order valence-electron chi connectivity index (χ1n) is 4.87. The molecule has 1 N–H and O–H groups in total. The zero-order chi connectivity index (χ0) is 9.54. The molecule has 0 unspecified atom stereocenters. The SMILES string of the molecule is Oc1cnn2cc(C3CCC3)cnc12. The first-order chi connectivity index (χ1) is 6.84. The van der Waals surface area contributed by atoms with Gasteiger partial charge >= 0.3 is 0 Å². The van der Waals surface area contributed by atoms with E-state index in [0.29, 0.717) is 11.6 Å². The number of nitrogens with zero attached hydrogens (tertiary/aromatic N) is 3. The lowest BCUT2D eigenvalue weighted by atomic mass is 9.81. The second kappa shape index (κ2) is 2.70. The van der Waals surface area contributed by atoms with Gasteiger partial charge in [-0.15, -0.1) is 0 Å². The van der Waals surface area contributed by atoms with Gasteiger partial charge in [-0.2, -0.15) is 5.10 Å². The molecule has 0 saturated heterocycles. The van der Waals surface area contributed by atoms with E-state index in [-0.39, 0.29) is 5.75 Å². The number of hydrogen-bond acceptors (Lipinski definition) is 3. The Hall–Kier alpha value is -1.58. The zero-order valence-corrected chi connectivity index (χ0v) is 7.72. The molecule has 0 aliphatic heterocycles. The average molecular weight is 189 g/mol. The second-order valence-electron chi connectivity index (χ2n) is 3.81. The first kappa shape index (κ1) is 7.79. The van der Waals surface area contributed by atoms with E-state index in [2.05, 4.69) is 10.1 Å². The van der Waals surface area contributed by atoms with Crippen LogP contribution in [0, 0.1) is 0 Å². The molecular weight excluding hydrogens is 178 g/mol. The van der Waals surface area contributed by atoms with Crippen LogP contribution in [0.3, 0.4) is 0 Å². The molecule has 3 rings (SSSR count).